The molecule has 2 aromatic rings. The van der Waals surface area contributed by atoms with Gasteiger partial charge in [0, 0.05) is 26.2 Å². The lowest BCUT2D eigenvalue weighted by Crippen LogP contribution is -2.31. The summed E-state index contributed by atoms with van der Waals surface area (Å²) < 4.78 is 22.1. The van der Waals surface area contributed by atoms with Gasteiger partial charge in [-0.2, -0.15) is 0 Å². The predicted octanol–water partition coefficient (Wildman–Crippen LogP) is 3.89. The van der Waals surface area contributed by atoms with Crippen LogP contribution in [0.2, 0.25) is 0 Å². The maximum absolute atomic E-state index is 5.87. The highest BCUT2D eigenvalue weighted by atomic mass is 16.5. The minimum atomic E-state index is 0.302. The summed E-state index contributed by atoms with van der Waals surface area (Å²) in [4.78, 5) is 2.42. The van der Waals surface area contributed by atoms with Gasteiger partial charge >= 0.3 is 0 Å². The fraction of sp³-hybridized carbons (Fsp3) is 0.455. The number of benzene rings is 2. The summed E-state index contributed by atoms with van der Waals surface area (Å²) in [7, 11) is 5.03. The molecule has 5 nitrogen and oxygen atoms in total. The van der Waals surface area contributed by atoms with E-state index in [-0.39, 0.29) is 0 Å². The van der Waals surface area contributed by atoms with E-state index in [4.69, 9.17) is 18.9 Å². The van der Waals surface area contributed by atoms with Gasteiger partial charge in [-0.15, -0.1) is 0 Å². The maximum atomic E-state index is 5.87. The lowest BCUT2D eigenvalue weighted by molar-refractivity contribution is 0.0678. The molecular formula is C22H29NO4. The number of hydrogen-bond acceptors (Lipinski definition) is 5. The Morgan fingerprint density at radius 3 is 2.37 bits per heavy atom. The van der Waals surface area contributed by atoms with Gasteiger partial charge in [-0.3, -0.25) is 4.90 Å². The molecular weight excluding hydrogens is 342 g/mol. The smallest absolute Gasteiger partial charge is 0.161 e. The van der Waals surface area contributed by atoms with Gasteiger partial charge in [0.15, 0.2) is 11.5 Å². The number of rotatable bonds is 9. The first-order valence-corrected chi connectivity index (χ1v) is 9.39. The van der Waals surface area contributed by atoms with Gasteiger partial charge in [-0.25, -0.2) is 0 Å². The molecule has 0 saturated carbocycles. The van der Waals surface area contributed by atoms with E-state index in [9.17, 15) is 0 Å². The van der Waals surface area contributed by atoms with Crippen molar-refractivity contribution in [3.05, 3.63) is 53.6 Å². The van der Waals surface area contributed by atoms with Crippen LogP contribution in [0, 0.1) is 0 Å². The number of hydrogen-bond donors (Lipinski definition) is 0. The molecule has 5 heteroatoms. The summed E-state index contributed by atoms with van der Waals surface area (Å²) in [5, 5.41) is 0. The number of ether oxygens (including phenoxy) is 4. The largest absolute Gasteiger partial charge is 0.497 e. The molecule has 1 atom stereocenters. The second kappa shape index (κ2) is 9.62. The Hall–Kier alpha value is -2.24. The summed E-state index contributed by atoms with van der Waals surface area (Å²) in [5.74, 6) is 2.39. The third-order valence-electron chi connectivity index (χ3n) is 4.88. The molecule has 0 spiro atoms. The van der Waals surface area contributed by atoms with Gasteiger partial charge in [-0.1, -0.05) is 18.2 Å². The Labute approximate surface area is 161 Å². The van der Waals surface area contributed by atoms with Crippen molar-refractivity contribution < 1.29 is 18.9 Å². The van der Waals surface area contributed by atoms with E-state index in [1.54, 1.807) is 21.3 Å². The predicted molar refractivity (Wildman–Crippen MR) is 106 cm³/mol. The fourth-order valence-electron chi connectivity index (χ4n) is 3.53. The van der Waals surface area contributed by atoms with Crippen molar-refractivity contribution in [2.45, 2.75) is 32.0 Å². The third-order valence-corrected chi connectivity index (χ3v) is 4.88. The second-order valence-corrected chi connectivity index (χ2v) is 6.85. The first kappa shape index (κ1) is 19.5. The zero-order chi connectivity index (χ0) is 19.1. The highest BCUT2D eigenvalue weighted by Gasteiger charge is 2.20. The Morgan fingerprint density at radius 2 is 1.70 bits per heavy atom. The van der Waals surface area contributed by atoms with Crippen LogP contribution in [-0.4, -0.2) is 45.5 Å². The molecule has 146 valence electrons. The van der Waals surface area contributed by atoms with Crippen LogP contribution >= 0.6 is 0 Å². The van der Waals surface area contributed by atoms with Gasteiger partial charge < -0.3 is 18.9 Å². The van der Waals surface area contributed by atoms with Gasteiger partial charge in [0.05, 0.1) is 27.4 Å². The van der Waals surface area contributed by atoms with Crippen molar-refractivity contribution in [2.75, 3.05) is 34.5 Å². The Kier molecular flexibility index (Phi) is 6.96. The normalized spacial score (nSPS) is 16.5. The Balaban J connectivity index is 1.76. The van der Waals surface area contributed by atoms with E-state index in [0.29, 0.717) is 6.10 Å². The van der Waals surface area contributed by atoms with E-state index in [0.717, 1.165) is 56.3 Å². The van der Waals surface area contributed by atoms with E-state index in [2.05, 4.69) is 23.1 Å². The number of nitrogens with zero attached hydrogens (tertiary/aromatic N) is 1. The van der Waals surface area contributed by atoms with Crippen LogP contribution in [-0.2, 0) is 17.8 Å². The molecule has 1 aliphatic rings. The molecule has 0 amide bonds. The van der Waals surface area contributed by atoms with Gasteiger partial charge in [0.1, 0.15) is 5.75 Å². The standard InChI is InChI=1S/C22H29NO4/c1-24-19-7-4-6-17(12-19)14-23(16-20-8-5-11-27-20)15-18-9-10-21(25-2)22(13-18)26-3/h4,6-7,9-10,12-13,20H,5,8,11,14-16H2,1-3H3. The van der Waals surface area contributed by atoms with Crippen molar-refractivity contribution in [3.8, 4) is 17.2 Å². The van der Waals surface area contributed by atoms with Crippen LogP contribution in [0.1, 0.15) is 24.0 Å². The van der Waals surface area contributed by atoms with Crippen molar-refractivity contribution >= 4 is 0 Å². The van der Waals surface area contributed by atoms with Crippen molar-refractivity contribution in [1.82, 2.24) is 4.90 Å². The molecule has 27 heavy (non-hydrogen) atoms. The quantitative estimate of drug-likeness (QED) is 0.669. The molecule has 3 rings (SSSR count). The second-order valence-electron chi connectivity index (χ2n) is 6.85. The van der Waals surface area contributed by atoms with Crippen molar-refractivity contribution in [2.24, 2.45) is 0 Å². The van der Waals surface area contributed by atoms with Crippen LogP contribution in [0.3, 0.4) is 0 Å². The van der Waals surface area contributed by atoms with Crippen LogP contribution < -0.4 is 14.2 Å². The summed E-state index contributed by atoms with van der Waals surface area (Å²) in [6.07, 6.45) is 2.57. The number of methoxy groups -OCH3 is 3. The lowest BCUT2D eigenvalue weighted by Gasteiger charge is -2.26. The highest BCUT2D eigenvalue weighted by Crippen LogP contribution is 2.28. The van der Waals surface area contributed by atoms with Crippen LogP contribution in [0.5, 0.6) is 17.2 Å². The van der Waals surface area contributed by atoms with Crippen molar-refractivity contribution in [3.63, 3.8) is 0 Å². The van der Waals surface area contributed by atoms with Crippen LogP contribution in [0.15, 0.2) is 42.5 Å². The molecule has 0 bridgehead atoms. The minimum absolute atomic E-state index is 0.302. The fourth-order valence-corrected chi connectivity index (χ4v) is 3.53. The van der Waals surface area contributed by atoms with E-state index in [1.165, 1.54) is 11.1 Å². The van der Waals surface area contributed by atoms with Crippen molar-refractivity contribution in [1.29, 1.82) is 0 Å². The molecule has 1 saturated heterocycles. The third kappa shape index (κ3) is 5.37. The van der Waals surface area contributed by atoms with E-state index < -0.39 is 0 Å². The Bertz CT molecular complexity index is 728. The monoisotopic (exact) mass is 371 g/mol. The molecule has 1 heterocycles. The molecule has 0 aliphatic carbocycles. The van der Waals surface area contributed by atoms with Gasteiger partial charge in [-0.05, 0) is 48.2 Å². The molecule has 0 N–H and O–H groups in total. The molecule has 0 aromatic heterocycles. The van der Waals surface area contributed by atoms with Gasteiger partial charge in [0.2, 0.25) is 0 Å². The molecule has 1 fully saturated rings. The molecule has 0 radical (unpaired) electrons. The molecule has 2 aromatic carbocycles. The first-order chi connectivity index (χ1) is 13.2. The van der Waals surface area contributed by atoms with Crippen LogP contribution in [0.25, 0.3) is 0 Å². The zero-order valence-electron chi connectivity index (χ0n) is 16.4. The minimum Gasteiger partial charge on any atom is -0.497 e. The summed E-state index contributed by atoms with van der Waals surface area (Å²) in [6, 6.07) is 14.3. The first-order valence-electron chi connectivity index (χ1n) is 9.39. The molecule has 1 unspecified atom stereocenters. The summed E-state index contributed by atoms with van der Waals surface area (Å²) >= 11 is 0. The average Bonchev–Trinajstić information content (AvgIpc) is 3.21. The zero-order valence-corrected chi connectivity index (χ0v) is 16.4. The average molecular weight is 371 g/mol. The Morgan fingerprint density at radius 1 is 0.926 bits per heavy atom. The molecule has 1 aliphatic heterocycles. The summed E-state index contributed by atoms with van der Waals surface area (Å²) in [5.41, 5.74) is 2.42. The SMILES string of the molecule is COc1cccc(CN(Cc2ccc(OC)c(OC)c2)CC2CCCO2)c1. The lowest BCUT2D eigenvalue weighted by atomic mass is 10.1. The maximum Gasteiger partial charge on any atom is 0.161 e. The van der Waals surface area contributed by atoms with Gasteiger partial charge in [0.25, 0.3) is 0 Å². The highest BCUT2D eigenvalue weighted by molar-refractivity contribution is 5.42. The van der Waals surface area contributed by atoms with E-state index >= 15 is 0 Å². The van der Waals surface area contributed by atoms with Crippen LogP contribution in [0.4, 0.5) is 0 Å². The topological polar surface area (TPSA) is 40.2 Å². The van der Waals surface area contributed by atoms with E-state index in [1.807, 2.05) is 24.3 Å². The summed E-state index contributed by atoms with van der Waals surface area (Å²) in [6.45, 7) is 3.43.